The summed E-state index contributed by atoms with van der Waals surface area (Å²) < 4.78 is 0. The largest absolute Gasteiger partial charge is 0.314 e. The quantitative estimate of drug-likeness (QED) is 0.439. The zero-order chi connectivity index (χ0) is 16.6. The summed E-state index contributed by atoms with van der Waals surface area (Å²) in [7, 11) is 0. The van der Waals surface area contributed by atoms with Crippen LogP contribution < -0.4 is 10.6 Å². The van der Waals surface area contributed by atoms with Crippen LogP contribution in [-0.2, 0) is 0 Å². The summed E-state index contributed by atoms with van der Waals surface area (Å²) in [6.45, 7) is 17.2. The van der Waals surface area contributed by atoms with Crippen molar-refractivity contribution in [1.29, 1.82) is 0 Å². The van der Waals surface area contributed by atoms with Gasteiger partial charge >= 0.3 is 0 Å². The van der Waals surface area contributed by atoms with Crippen LogP contribution in [0.1, 0.15) is 65.7 Å². The fourth-order valence-corrected chi connectivity index (χ4v) is 2.49. The van der Waals surface area contributed by atoms with E-state index < -0.39 is 0 Å². The van der Waals surface area contributed by atoms with Crippen molar-refractivity contribution in [1.82, 2.24) is 10.6 Å². The van der Waals surface area contributed by atoms with Crippen molar-refractivity contribution in [2.75, 3.05) is 19.6 Å². The van der Waals surface area contributed by atoms with Crippen molar-refractivity contribution >= 4 is 0 Å². The van der Waals surface area contributed by atoms with Crippen molar-refractivity contribution in [3.8, 4) is 0 Å². The minimum atomic E-state index is 0.779. The van der Waals surface area contributed by atoms with E-state index >= 15 is 0 Å². The van der Waals surface area contributed by atoms with Crippen LogP contribution in [0.15, 0.2) is 36.5 Å². The summed E-state index contributed by atoms with van der Waals surface area (Å²) in [6.07, 6.45) is 13.3. The second-order valence-electron chi connectivity index (χ2n) is 5.82. The molecule has 0 aromatic carbocycles. The second kappa shape index (κ2) is 15.1. The lowest BCUT2D eigenvalue weighted by Gasteiger charge is -2.22. The molecule has 22 heavy (non-hydrogen) atoms. The molecule has 0 spiro atoms. The third-order valence-electron chi connectivity index (χ3n) is 3.93. The molecular weight excluding hydrogens is 268 g/mol. The molecule has 0 bridgehead atoms. The predicted molar refractivity (Wildman–Crippen MR) is 101 cm³/mol. The maximum atomic E-state index is 4.05. The summed E-state index contributed by atoms with van der Waals surface area (Å²) >= 11 is 0. The van der Waals surface area contributed by atoms with Crippen LogP contribution in [0, 0.1) is 0 Å². The predicted octanol–water partition coefficient (Wildman–Crippen LogP) is 4.99. The van der Waals surface area contributed by atoms with E-state index in [1.165, 1.54) is 38.5 Å². The molecule has 2 nitrogen and oxygen atoms in total. The van der Waals surface area contributed by atoms with Gasteiger partial charge in [0, 0.05) is 12.6 Å². The standard InChI is InChI=1S/C18H32N2.C2H6/c1-4-16(2)11-12-17(3)15-19-13-8-14-20-18-9-6-5-7-10-18;1-2/h11-12,18-20H,2-10,13-15H2,1H3;1-2H3/b12-11-;. The number of rotatable bonds is 10. The first kappa shape index (κ1) is 21.1. The van der Waals surface area contributed by atoms with Gasteiger partial charge in [-0.15, -0.1) is 0 Å². The Morgan fingerprint density at radius 1 is 1.00 bits per heavy atom. The third kappa shape index (κ3) is 11.8. The highest BCUT2D eigenvalue weighted by molar-refractivity contribution is 5.24. The van der Waals surface area contributed by atoms with Crippen molar-refractivity contribution in [2.24, 2.45) is 0 Å². The van der Waals surface area contributed by atoms with Gasteiger partial charge in [0.05, 0.1) is 0 Å². The molecule has 128 valence electrons. The zero-order valence-electron chi connectivity index (χ0n) is 15.2. The van der Waals surface area contributed by atoms with Crippen LogP contribution in [0.5, 0.6) is 0 Å². The Kier molecular flexibility index (Phi) is 14.5. The molecule has 0 aliphatic heterocycles. The van der Waals surface area contributed by atoms with Gasteiger partial charge in [-0.1, -0.05) is 70.9 Å². The summed E-state index contributed by atoms with van der Waals surface area (Å²) in [4.78, 5) is 0. The minimum absolute atomic E-state index is 0.779. The van der Waals surface area contributed by atoms with Crippen LogP contribution in [-0.4, -0.2) is 25.7 Å². The molecule has 0 atom stereocenters. The minimum Gasteiger partial charge on any atom is -0.314 e. The molecule has 1 rings (SSSR count). The molecule has 1 fully saturated rings. The number of allylic oxidation sites excluding steroid dienone is 2. The zero-order valence-corrected chi connectivity index (χ0v) is 15.2. The van der Waals surface area contributed by atoms with E-state index in [2.05, 4.69) is 42.9 Å². The topological polar surface area (TPSA) is 24.1 Å². The van der Waals surface area contributed by atoms with E-state index in [0.717, 1.165) is 43.2 Å². The van der Waals surface area contributed by atoms with Crippen molar-refractivity contribution < 1.29 is 0 Å². The molecule has 0 radical (unpaired) electrons. The van der Waals surface area contributed by atoms with E-state index in [1.54, 1.807) is 0 Å². The Bertz CT molecular complexity index is 312. The summed E-state index contributed by atoms with van der Waals surface area (Å²) in [5, 5.41) is 7.11. The molecule has 0 saturated heterocycles. The molecule has 2 N–H and O–H groups in total. The summed E-state index contributed by atoms with van der Waals surface area (Å²) in [6, 6.07) is 0.779. The lowest BCUT2D eigenvalue weighted by atomic mass is 9.95. The Labute approximate surface area is 139 Å². The molecule has 0 aromatic heterocycles. The molecule has 0 unspecified atom stereocenters. The smallest absolute Gasteiger partial charge is 0.0199 e. The SMILES string of the molecule is C=C(/C=C\C(=C)CNCCCNC1CCCCC1)CC.CC. The van der Waals surface area contributed by atoms with Gasteiger partial charge in [-0.3, -0.25) is 0 Å². The van der Waals surface area contributed by atoms with E-state index in [9.17, 15) is 0 Å². The highest BCUT2D eigenvalue weighted by atomic mass is 14.9. The van der Waals surface area contributed by atoms with E-state index in [-0.39, 0.29) is 0 Å². The van der Waals surface area contributed by atoms with Gasteiger partial charge in [0.15, 0.2) is 0 Å². The fraction of sp³-hybridized carbons (Fsp3) is 0.700. The van der Waals surface area contributed by atoms with Gasteiger partial charge < -0.3 is 10.6 Å². The average Bonchev–Trinajstić information content (AvgIpc) is 2.58. The number of hydrogen-bond acceptors (Lipinski definition) is 2. The molecule has 0 aromatic rings. The summed E-state index contributed by atoms with van der Waals surface area (Å²) in [5.74, 6) is 0. The van der Waals surface area contributed by atoms with Crippen LogP contribution in [0.2, 0.25) is 0 Å². The second-order valence-corrected chi connectivity index (χ2v) is 5.82. The Hall–Kier alpha value is -0.860. The van der Waals surface area contributed by atoms with E-state index in [0.29, 0.717) is 0 Å². The van der Waals surface area contributed by atoms with Crippen LogP contribution in [0.25, 0.3) is 0 Å². The highest BCUT2D eigenvalue weighted by Gasteiger charge is 2.11. The van der Waals surface area contributed by atoms with E-state index in [4.69, 9.17) is 0 Å². The summed E-state index contributed by atoms with van der Waals surface area (Å²) in [5.41, 5.74) is 2.28. The Balaban J connectivity index is 0.00000211. The molecule has 1 aliphatic carbocycles. The maximum absolute atomic E-state index is 4.05. The first-order chi connectivity index (χ1) is 10.7. The van der Waals surface area contributed by atoms with Crippen LogP contribution in [0.4, 0.5) is 0 Å². The average molecular weight is 307 g/mol. The maximum Gasteiger partial charge on any atom is 0.0199 e. The van der Waals surface area contributed by atoms with Crippen molar-refractivity contribution in [2.45, 2.75) is 71.8 Å². The van der Waals surface area contributed by atoms with Crippen LogP contribution >= 0.6 is 0 Å². The fourth-order valence-electron chi connectivity index (χ4n) is 2.49. The van der Waals surface area contributed by atoms with Gasteiger partial charge in [0.2, 0.25) is 0 Å². The monoisotopic (exact) mass is 306 g/mol. The molecule has 1 aliphatic rings. The van der Waals surface area contributed by atoms with Gasteiger partial charge in [-0.25, -0.2) is 0 Å². The van der Waals surface area contributed by atoms with Gasteiger partial charge in [-0.2, -0.15) is 0 Å². The Morgan fingerprint density at radius 3 is 2.27 bits per heavy atom. The van der Waals surface area contributed by atoms with E-state index in [1.807, 2.05) is 13.8 Å². The van der Waals surface area contributed by atoms with Gasteiger partial charge in [-0.05, 0) is 44.3 Å². The van der Waals surface area contributed by atoms with Crippen molar-refractivity contribution in [3.05, 3.63) is 36.5 Å². The molecular formula is C20H38N2. The molecule has 2 heteroatoms. The molecule has 1 saturated carbocycles. The van der Waals surface area contributed by atoms with Gasteiger partial charge in [0.1, 0.15) is 0 Å². The normalized spacial score (nSPS) is 15.4. The molecule has 0 heterocycles. The van der Waals surface area contributed by atoms with Crippen LogP contribution in [0.3, 0.4) is 0 Å². The number of nitrogens with one attached hydrogen (secondary N) is 2. The lowest BCUT2D eigenvalue weighted by molar-refractivity contribution is 0.371. The lowest BCUT2D eigenvalue weighted by Crippen LogP contribution is -2.33. The highest BCUT2D eigenvalue weighted by Crippen LogP contribution is 2.17. The number of hydrogen-bond donors (Lipinski definition) is 2. The van der Waals surface area contributed by atoms with Gasteiger partial charge in [0.25, 0.3) is 0 Å². The third-order valence-corrected chi connectivity index (χ3v) is 3.93. The Morgan fingerprint density at radius 2 is 1.64 bits per heavy atom. The first-order valence-electron chi connectivity index (χ1n) is 9.20. The first-order valence-corrected chi connectivity index (χ1v) is 9.20. The van der Waals surface area contributed by atoms with Crippen molar-refractivity contribution in [3.63, 3.8) is 0 Å². The molecule has 0 amide bonds.